The highest BCUT2D eigenvalue weighted by molar-refractivity contribution is 5.80. The van der Waals surface area contributed by atoms with E-state index in [1.165, 1.54) is 0 Å². The van der Waals surface area contributed by atoms with Crippen molar-refractivity contribution in [1.29, 1.82) is 0 Å². The van der Waals surface area contributed by atoms with E-state index in [0.717, 1.165) is 25.5 Å². The highest BCUT2D eigenvalue weighted by Crippen LogP contribution is 2.09. The van der Waals surface area contributed by atoms with E-state index >= 15 is 0 Å². The van der Waals surface area contributed by atoms with Gasteiger partial charge in [-0.05, 0) is 20.3 Å². The molecular weight excluding hydrogens is 234 g/mol. The second-order valence-electron chi connectivity index (χ2n) is 4.29. The molecule has 0 aliphatic carbocycles. The number of β-amino-alcohol motifs (C(OH)–C–C–N with tert-alkyl or cyclic N) is 1. The van der Waals surface area contributed by atoms with E-state index < -0.39 is 0 Å². The molecule has 7 nitrogen and oxygen atoms in total. The van der Waals surface area contributed by atoms with Crippen molar-refractivity contribution >= 4 is 5.96 Å². The van der Waals surface area contributed by atoms with Crippen LogP contribution in [0.3, 0.4) is 0 Å². The molecule has 2 rings (SSSR count). The Morgan fingerprint density at radius 2 is 2.50 bits per heavy atom. The average molecular weight is 253 g/mol. The minimum Gasteiger partial charge on any atom is -0.391 e. The molecule has 1 atom stereocenters. The molecule has 1 fully saturated rings. The minimum absolute atomic E-state index is 0.264. The van der Waals surface area contributed by atoms with Gasteiger partial charge in [0.1, 0.15) is 6.54 Å². The number of rotatable bonds is 3. The maximum absolute atomic E-state index is 9.54. The van der Waals surface area contributed by atoms with Crippen molar-refractivity contribution in [2.75, 3.05) is 19.6 Å². The lowest BCUT2D eigenvalue weighted by molar-refractivity contribution is 0.187. The molecule has 18 heavy (non-hydrogen) atoms. The fourth-order valence-corrected chi connectivity index (χ4v) is 1.91. The van der Waals surface area contributed by atoms with Crippen molar-refractivity contribution < 1.29 is 9.63 Å². The van der Waals surface area contributed by atoms with Crippen molar-refractivity contribution in [2.24, 2.45) is 4.99 Å². The van der Waals surface area contributed by atoms with Gasteiger partial charge < -0.3 is 19.8 Å². The van der Waals surface area contributed by atoms with Gasteiger partial charge in [0, 0.05) is 19.6 Å². The number of aryl methyl sites for hydroxylation is 1. The maximum Gasteiger partial charge on any atom is 0.248 e. The molecule has 0 saturated carbocycles. The van der Waals surface area contributed by atoms with Gasteiger partial charge >= 0.3 is 0 Å². The van der Waals surface area contributed by atoms with Crippen LogP contribution in [-0.2, 0) is 6.54 Å². The summed E-state index contributed by atoms with van der Waals surface area (Å²) in [5, 5.41) is 16.5. The van der Waals surface area contributed by atoms with E-state index in [1.54, 1.807) is 6.92 Å². The van der Waals surface area contributed by atoms with E-state index in [0.29, 0.717) is 24.8 Å². The standard InChI is InChI=1S/C11H19N5O2/c1-3-12-11(16-5-4-9(17)7-16)13-6-10-14-8(2)15-18-10/h9,17H,3-7H2,1-2H3,(H,12,13)/t9-/m1/s1. The summed E-state index contributed by atoms with van der Waals surface area (Å²) >= 11 is 0. The van der Waals surface area contributed by atoms with Gasteiger partial charge in [0.05, 0.1) is 6.10 Å². The van der Waals surface area contributed by atoms with Crippen molar-refractivity contribution in [3.05, 3.63) is 11.7 Å². The molecule has 1 aliphatic heterocycles. The number of aromatic nitrogens is 2. The number of hydrogen-bond acceptors (Lipinski definition) is 5. The van der Waals surface area contributed by atoms with Crippen LogP contribution in [0.1, 0.15) is 25.1 Å². The van der Waals surface area contributed by atoms with Crippen LogP contribution < -0.4 is 5.32 Å². The zero-order valence-electron chi connectivity index (χ0n) is 10.8. The monoisotopic (exact) mass is 253 g/mol. The summed E-state index contributed by atoms with van der Waals surface area (Å²) in [6.45, 7) is 6.37. The molecule has 1 aromatic heterocycles. The number of likely N-dealkylation sites (tertiary alicyclic amines) is 1. The summed E-state index contributed by atoms with van der Waals surface area (Å²) in [4.78, 5) is 10.6. The van der Waals surface area contributed by atoms with E-state index in [9.17, 15) is 5.11 Å². The number of aliphatic imine (C=N–C) groups is 1. The Morgan fingerprint density at radius 1 is 1.67 bits per heavy atom. The third kappa shape index (κ3) is 3.19. The van der Waals surface area contributed by atoms with Crippen LogP contribution in [-0.4, -0.2) is 51.8 Å². The van der Waals surface area contributed by atoms with Crippen molar-refractivity contribution in [3.63, 3.8) is 0 Å². The molecule has 0 bridgehead atoms. The van der Waals surface area contributed by atoms with E-state index in [2.05, 4.69) is 20.4 Å². The van der Waals surface area contributed by atoms with Crippen LogP contribution in [0, 0.1) is 6.92 Å². The quantitative estimate of drug-likeness (QED) is 0.578. The number of hydrogen-bond donors (Lipinski definition) is 2. The Bertz CT molecular complexity index is 417. The van der Waals surface area contributed by atoms with Gasteiger partial charge in [0.15, 0.2) is 11.8 Å². The molecule has 0 spiro atoms. The summed E-state index contributed by atoms with van der Waals surface area (Å²) < 4.78 is 5.01. The van der Waals surface area contributed by atoms with Gasteiger partial charge in [-0.25, -0.2) is 4.99 Å². The van der Waals surface area contributed by atoms with E-state index in [4.69, 9.17) is 4.52 Å². The van der Waals surface area contributed by atoms with Crippen molar-refractivity contribution in [1.82, 2.24) is 20.4 Å². The molecule has 0 aromatic carbocycles. The summed E-state index contributed by atoms with van der Waals surface area (Å²) in [5.74, 6) is 1.90. The molecule has 7 heteroatoms. The highest BCUT2D eigenvalue weighted by atomic mass is 16.5. The van der Waals surface area contributed by atoms with E-state index in [-0.39, 0.29) is 6.10 Å². The summed E-state index contributed by atoms with van der Waals surface area (Å²) in [5.41, 5.74) is 0. The molecule has 2 N–H and O–H groups in total. The van der Waals surface area contributed by atoms with E-state index in [1.807, 2.05) is 11.8 Å². The normalized spacial score (nSPS) is 20.5. The molecule has 1 aromatic rings. The molecule has 0 amide bonds. The Balaban J connectivity index is 2.00. The van der Waals surface area contributed by atoms with Gasteiger partial charge in [-0.2, -0.15) is 4.98 Å². The molecule has 2 heterocycles. The fourth-order valence-electron chi connectivity index (χ4n) is 1.91. The third-order valence-corrected chi connectivity index (χ3v) is 2.73. The lowest BCUT2D eigenvalue weighted by Crippen LogP contribution is -2.40. The minimum atomic E-state index is -0.264. The second kappa shape index (κ2) is 5.81. The number of guanidine groups is 1. The van der Waals surface area contributed by atoms with Gasteiger partial charge in [0.2, 0.25) is 5.89 Å². The Hall–Kier alpha value is -1.63. The van der Waals surface area contributed by atoms with Gasteiger partial charge in [0.25, 0.3) is 0 Å². The fraction of sp³-hybridized carbons (Fsp3) is 0.727. The Morgan fingerprint density at radius 3 is 3.06 bits per heavy atom. The highest BCUT2D eigenvalue weighted by Gasteiger charge is 2.22. The molecule has 1 saturated heterocycles. The Kier molecular flexibility index (Phi) is 4.14. The van der Waals surface area contributed by atoms with Crippen LogP contribution in [0.15, 0.2) is 9.52 Å². The number of aliphatic hydroxyl groups excluding tert-OH is 1. The lowest BCUT2D eigenvalue weighted by atomic mass is 10.3. The zero-order valence-corrected chi connectivity index (χ0v) is 10.8. The lowest BCUT2D eigenvalue weighted by Gasteiger charge is -2.20. The van der Waals surface area contributed by atoms with Gasteiger partial charge in [-0.1, -0.05) is 5.16 Å². The first-order valence-electron chi connectivity index (χ1n) is 6.19. The van der Waals surface area contributed by atoms with Gasteiger partial charge in [-0.15, -0.1) is 0 Å². The van der Waals surface area contributed by atoms with Crippen LogP contribution >= 0.6 is 0 Å². The topological polar surface area (TPSA) is 86.8 Å². The summed E-state index contributed by atoms with van der Waals surface area (Å²) in [6, 6.07) is 0. The molecule has 100 valence electrons. The van der Waals surface area contributed by atoms with Crippen LogP contribution in [0.4, 0.5) is 0 Å². The number of aliphatic hydroxyl groups is 1. The average Bonchev–Trinajstić information content (AvgIpc) is 2.94. The van der Waals surface area contributed by atoms with Crippen molar-refractivity contribution in [3.8, 4) is 0 Å². The third-order valence-electron chi connectivity index (χ3n) is 2.73. The molecule has 0 unspecified atom stereocenters. The first-order chi connectivity index (χ1) is 8.69. The smallest absolute Gasteiger partial charge is 0.248 e. The second-order valence-corrected chi connectivity index (χ2v) is 4.29. The molecule has 1 aliphatic rings. The molecular formula is C11H19N5O2. The van der Waals surface area contributed by atoms with Crippen molar-refractivity contribution in [2.45, 2.75) is 32.9 Å². The summed E-state index contributed by atoms with van der Waals surface area (Å²) in [7, 11) is 0. The summed E-state index contributed by atoms with van der Waals surface area (Å²) in [6.07, 6.45) is 0.517. The predicted octanol–water partition coefficient (Wildman–Crippen LogP) is -0.0899. The first-order valence-corrected chi connectivity index (χ1v) is 6.19. The number of nitrogens with one attached hydrogen (secondary N) is 1. The Labute approximate surface area is 106 Å². The van der Waals surface area contributed by atoms with Crippen LogP contribution in [0.5, 0.6) is 0 Å². The van der Waals surface area contributed by atoms with Crippen LogP contribution in [0.25, 0.3) is 0 Å². The first kappa shape index (κ1) is 12.8. The zero-order chi connectivity index (χ0) is 13.0. The maximum atomic E-state index is 9.54. The molecule has 0 radical (unpaired) electrons. The number of nitrogens with zero attached hydrogens (tertiary/aromatic N) is 4. The van der Waals surface area contributed by atoms with Gasteiger partial charge in [-0.3, -0.25) is 0 Å². The predicted molar refractivity (Wildman–Crippen MR) is 66.0 cm³/mol. The largest absolute Gasteiger partial charge is 0.391 e. The SMILES string of the molecule is CCNC(=NCc1nc(C)no1)N1CC[C@@H](O)C1. The van der Waals surface area contributed by atoms with Crippen LogP contribution in [0.2, 0.25) is 0 Å².